The molecule has 0 aliphatic heterocycles. The number of carbonyl (C=O) groups excluding carboxylic acids is 2. The molecule has 0 aliphatic rings. The Morgan fingerprint density at radius 3 is 2.30 bits per heavy atom. The largest absolute Gasteiger partial charge is 0.444 e. The number of carbonyl (C=O) groups is 2. The third kappa shape index (κ3) is 7.21. The van der Waals surface area contributed by atoms with Gasteiger partial charge in [-0.25, -0.2) is 13.6 Å². The van der Waals surface area contributed by atoms with Crippen molar-refractivity contribution in [3.05, 3.63) is 35.6 Å². The van der Waals surface area contributed by atoms with E-state index in [1.807, 2.05) is 0 Å². The zero-order chi connectivity index (χ0) is 17.6. The van der Waals surface area contributed by atoms with E-state index in [1.165, 1.54) is 12.1 Å². The molecule has 23 heavy (non-hydrogen) atoms. The van der Waals surface area contributed by atoms with Gasteiger partial charge in [0.15, 0.2) is 12.0 Å². The summed E-state index contributed by atoms with van der Waals surface area (Å²) in [6, 6.07) is 4.75. The van der Waals surface area contributed by atoms with E-state index in [4.69, 9.17) is 4.74 Å². The molecule has 1 rings (SSSR count). The molecule has 0 fully saturated rings. The number of alkyl halides is 1. The summed E-state index contributed by atoms with van der Waals surface area (Å²) in [4.78, 5) is 23.4. The molecule has 0 saturated carbocycles. The van der Waals surface area contributed by atoms with Gasteiger partial charge in [0, 0.05) is 12.1 Å². The summed E-state index contributed by atoms with van der Waals surface area (Å²) in [5, 5.41) is 2.54. The van der Waals surface area contributed by atoms with Gasteiger partial charge in [-0.05, 0) is 57.4 Å². The lowest BCUT2D eigenvalue weighted by Gasteiger charge is -2.21. The summed E-state index contributed by atoms with van der Waals surface area (Å²) in [7, 11) is 0. The molecule has 1 aromatic carbocycles. The lowest BCUT2D eigenvalue weighted by molar-refractivity contribution is 0.0517. The summed E-state index contributed by atoms with van der Waals surface area (Å²) in [6.45, 7) is 7.16. The van der Waals surface area contributed by atoms with Gasteiger partial charge in [0.05, 0.1) is 0 Å². The van der Waals surface area contributed by atoms with E-state index >= 15 is 0 Å². The number of nitrogens with one attached hydrogen (secondary N) is 1. The molecule has 128 valence electrons. The minimum Gasteiger partial charge on any atom is -0.444 e. The Labute approximate surface area is 135 Å². The van der Waals surface area contributed by atoms with E-state index in [0.717, 1.165) is 12.1 Å². The van der Waals surface area contributed by atoms with Crippen LogP contribution in [0.2, 0.25) is 0 Å². The van der Waals surface area contributed by atoms with E-state index < -0.39 is 29.5 Å². The fourth-order valence-electron chi connectivity index (χ4n) is 1.91. The van der Waals surface area contributed by atoms with Crippen LogP contribution in [0.3, 0.4) is 0 Å². The van der Waals surface area contributed by atoms with Crippen molar-refractivity contribution in [3.8, 4) is 0 Å². The van der Waals surface area contributed by atoms with Crippen LogP contribution < -0.4 is 5.32 Å². The Morgan fingerprint density at radius 1 is 1.22 bits per heavy atom. The van der Waals surface area contributed by atoms with Crippen LogP contribution in [0.15, 0.2) is 24.3 Å². The number of alkyl carbamates (subject to hydrolysis) is 1. The van der Waals surface area contributed by atoms with Crippen LogP contribution in [0.1, 0.15) is 44.5 Å². The normalized spacial score (nSPS) is 14.0. The van der Waals surface area contributed by atoms with Crippen molar-refractivity contribution in [3.63, 3.8) is 0 Å². The number of benzene rings is 1. The fourth-order valence-corrected chi connectivity index (χ4v) is 1.91. The second-order valence-corrected chi connectivity index (χ2v) is 6.56. The Hall–Kier alpha value is -1.98. The molecule has 0 aliphatic carbocycles. The van der Waals surface area contributed by atoms with Crippen molar-refractivity contribution in [1.82, 2.24) is 5.32 Å². The predicted octanol–water partition coefficient (Wildman–Crippen LogP) is 3.90. The smallest absolute Gasteiger partial charge is 0.407 e. The van der Waals surface area contributed by atoms with E-state index in [2.05, 4.69) is 5.32 Å². The third-order valence-corrected chi connectivity index (χ3v) is 3.02. The van der Waals surface area contributed by atoms with Gasteiger partial charge in [0.1, 0.15) is 11.4 Å². The zero-order valence-corrected chi connectivity index (χ0v) is 13.9. The average Bonchev–Trinajstić information content (AvgIpc) is 2.43. The lowest BCUT2D eigenvalue weighted by Crippen LogP contribution is -2.35. The number of Topliss-reactive ketones (excluding diaryl/α,β-unsaturated/α-hetero) is 1. The van der Waals surface area contributed by atoms with E-state index in [1.54, 1.807) is 27.7 Å². The van der Waals surface area contributed by atoms with Crippen LogP contribution in [0.25, 0.3) is 0 Å². The molecular weight excluding hydrogens is 304 g/mol. The average molecular weight is 327 g/mol. The van der Waals surface area contributed by atoms with E-state index in [9.17, 15) is 18.4 Å². The summed E-state index contributed by atoms with van der Waals surface area (Å²) in [5.74, 6) is -1.41. The summed E-state index contributed by atoms with van der Waals surface area (Å²) in [6.07, 6.45) is -2.31. The van der Waals surface area contributed by atoms with Crippen LogP contribution in [0, 0.1) is 11.7 Å². The van der Waals surface area contributed by atoms with Crippen molar-refractivity contribution in [1.29, 1.82) is 0 Å². The number of amides is 1. The minimum absolute atomic E-state index is 0.0357. The zero-order valence-electron chi connectivity index (χ0n) is 13.9. The number of hydrogen-bond donors (Lipinski definition) is 1. The van der Waals surface area contributed by atoms with Crippen molar-refractivity contribution >= 4 is 11.9 Å². The quantitative estimate of drug-likeness (QED) is 0.806. The number of rotatable bonds is 6. The van der Waals surface area contributed by atoms with Crippen LogP contribution in [-0.4, -0.2) is 30.2 Å². The summed E-state index contributed by atoms with van der Waals surface area (Å²) >= 11 is 0. The summed E-state index contributed by atoms with van der Waals surface area (Å²) < 4.78 is 31.9. The van der Waals surface area contributed by atoms with Gasteiger partial charge in [-0.15, -0.1) is 0 Å². The molecule has 0 heterocycles. The fraction of sp³-hybridized carbons (Fsp3) is 0.529. The Morgan fingerprint density at radius 2 is 1.78 bits per heavy atom. The lowest BCUT2D eigenvalue weighted by atomic mass is 9.98. The van der Waals surface area contributed by atoms with Gasteiger partial charge in [-0.2, -0.15) is 0 Å². The molecule has 0 bridgehead atoms. The Balaban J connectivity index is 2.44. The van der Waals surface area contributed by atoms with Crippen LogP contribution in [0.5, 0.6) is 0 Å². The molecule has 1 amide bonds. The molecule has 0 spiro atoms. The third-order valence-electron chi connectivity index (χ3n) is 3.02. The molecule has 4 nitrogen and oxygen atoms in total. The first-order chi connectivity index (χ1) is 10.6. The number of ketones is 1. The highest BCUT2D eigenvalue weighted by atomic mass is 19.1. The maximum Gasteiger partial charge on any atom is 0.407 e. The Kier molecular flexibility index (Phi) is 6.66. The second kappa shape index (κ2) is 8.04. The van der Waals surface area contributed by atoms with Crippen LogP contribution in [-0.2, 0) is 4.74 Å². The van der Waals surface area contributed by atoms with Gasteiger partial charge in [0.2, 0.25) is 0 Å². The molecule has 1 aromatic rings. The van der Waals surface area contributed by atoms with Gasteiger partial charge in [-0.3, -0.25) is 4.79 Å². The van der Waals surface area contributed by atoms with Crippen molar-refractivity contribution in [2.75, 3.05) is 6.54 Å². The molecule has 0 saturated heterocycles. The van der Waals surface area contributed by atoms with E-state index in [-0.39, 0.29) is 24.4 Å². The Bertz CT molecular complexity index is 538. The molecule has 6 heteroatoms. The summed E-state index contributed by atoms with van der Waals surface area (Å²) in [5.41, 5.74) is -0.472. The molecule has 0 aromatic heterocycles. The SMILES string of the molecule is CC(CNC(=O)OC(C)(C)C)CC(F)C(=O)c1ccc(F)cc1. The highest BCUT2D eigenvalue weighted by Gasteiger charge is 2.23. The number of ether oxygens (including phenoxy) is 1. The minimum atomic E-state index is -1.70. The molecule has 2 unspecified atom stereocenters. The molecular formula is C17H23F2NO3. The highest BCUT2D eigenvalue weighted by Crippen LogP contribution is 2.15. The highest BCUT2D eigenvalue weighted by molar-refractivity contribution is 5.99. The van der Waals surface area contributed by atoms with Gasteiger partial charge < -0.3 is 10.1 Å². The van der Waals surface area contributed by atoms with Gasteiger partial charge in [-0.1, -0.05) is 6.92 Å². The van der Waals surface area contributed by atoms with Gasteiger partial charge in [0.25, 0.3) is 0 Å². The topological polar surface area (TPSA) is 55.4 Å². The standard InChI is InChI=1S/C17H23F2NO3/c1-11(10-20-16(22)23-17(2,3)4)9-14(19)15(21)12-5-7-13(18)8-6-12/h5-8,11,14H,9-10H2,1-4H3,(H,20,22). The number of halogens is 2. The molecule has 0 radical (unpaired) electrons. The number of hydrogen-bond acceptors (Lipinski definition) is 3. The monoisotopic (exact) mass is 327 g/mol. The predicted molar refractivity (Wildman–Crippen MR) is 83.6 cm³/mol. The molecule has 1 N–H and O–H groups in total. The second-order valence-electron chi connectivity index (χ2n) is 6.56. The van der Waals surface area contributed by atoms with Crippen LogP contribution >= 0.6 is 0 Å². The van der Waals surface area contributed by atoms with Crippen molar-refractivity contribution in [2.45, 2.75) is 45.9 Å². The first-order valence-electron chi connectivity index (χ1n) is 7.49. The van der Waals surface area contributed by atoms with E-state index in [0.29, 0.717) is 0 Å². The molecule has 2 atom stereocenters. The first kappa shape index (κ1) is 19.1. The van der Waals surface area contributed by atoms with Crippen molar-refractivity contribution in [2.24, 2.45) is 5.92 Å². The first-order valence-corrected chi connectivity index (χ1v) is 7.49. The van der Waals surface area contributed by atoms with Crippen LogP contribution in [0.4, 0.5) is 13.6 Å². The van der Waals surface area contributed by atoms with Crippen molar-refractivity contribution < 1.29 is 23.1 Å². The van der Waals surface area contributed by atoms with Gasteiger partial charge >= 0.3 is 6.09 Å². The maximum absolute atomic E-state index is 14.0. The maximum atomic E-state index is 14.0.